The molecule has 0 saturated heterocycles. The molecule has 0 aliphatic rings. The third kappa shape index (κ3) is 5.73. The molecule has 0 aromatic heterocycles. The number of rotatable bonds is 8. The lowest BCUT2D eigenvalue weighted by Gasteiger charge is -2.13. The molecule has 0 unspecified atom stereocenters. The van der Waals surface area contributed by atoms with Crippen LogP contribution in [0.25, 0.3) is 10.8 Å². The van der Waals surface area contributed by atoms with Crippen molar-refractivity contribution in [2.45, 2.75) is 26.4 Å². The first-order chi connectivity index (χ1) is 15.2. The molecule has 4 rings (SSSR count). The zero-order valence-corrected chi connectivity index (χ0v) is 17.8. The molecule has 0 saturated carbocycles. The van der Waals surface area contributed by atoms with Crippen LogP contribution in [0.2, 0.25) is 0 Å². The van der Waals surface area contributed by atoms with E-state index >= 15 is 0 Å². The summed E-state index contributed by atoms with van der Waals surface area (Å²) in [5.41, 5.74) is 4.93. The van der Waals surface area contributed by atoms with Gasteiger partial charge in [-0.1, -0.05) is 78.9 Å². The molecular formula is C28H27NO2. The van der Waals surface area contributed by atoms with Gasteiger partial charge in [0.25, 0.3) is 0 Å². The molecule has 3 heteroatoms. The largest absolute Gasteiger partial charge is 0.489 e. The lowest BCUT2D eigenvalue weighted by Crippen LogP contribution is -2.22. The lowest BCUT2D eigenvalue weighted by molar-refractivity contribution is -0.118. The van der Waals surface area contributed by atoms with Crippen LogP contribution < -0.4 is 10.1 Å². The predicted octanol–water partition coefficient (Wildman–Crippen LogP) is 5.69. The highest BCUT2D eigenvalue weighted by molar-refractivity contribution is 5.88. The normalized spacial score (nSPS) is 10.7. The van der Waals surface area contributed by atoms with E-state index in [1.807, 2.05) is 30.3 Å². The highest BCUT2D eigenvalue weighted by Crippen LogP contribution is 2.28. The van der Waals surface area contributed by atoms with E-state index in [1.54, 1.807) is 6.92 Å². The summed E-state index contributed by atoms with van der Waals surface area (Å²) in [6.07, 6.45) is 1.66. The van der Waals surface area contributed by atoms with Gasteiger partial charge in [0.1, 0.15) is 12.4 Å². The smallest absolute Gasteiger partial charge is 0.216 e. The quantitative estimate of drug-likeness (QED) is 0.406. The monoisotopic (exact) mass is 409 g/mol. The molecule has 0 heterocycles. The van der Waals surface area contributed by atoms with Crippen LogP contribution in [0.1, 0.15) is 29.2 Å². The molecule has 4 aromatic rings. The average molecular weight is 410 g/mol. The van der Waals surface area contributed by atoms with E-state index in [0.717, 1.165) is 24.2 Å². The van der Waals surface area contributed by atoms with Gasteiger partial charge in [0.2, 0.25) is 5.91 Å². The van der Waals surface area contributed by atoms with Crippen molar-refractivity contribution in [2.24, 2.45) is 0 Å². The van der Waals surface area contributed by atoms with E-state index in [0.29, 0.717) is 13.2 Å². The summed E-state index contributed by atoms with van der Waals surface area (Å²) in [7, 11) is 0. The van der Waals surface area contributed by atoms with Gasteiger partial charge in [-0.15, -0.1) is 0 Å². The van der Waals surface area contributed by atoms with Gasteiger partial charge in [-0.3, -0.25) is 4.79 Å². The molecule has 1 amide bonds. The van der Waals surface area contributed by atoms with E-state index < -0.39 is 0 Å². The van der Waals surface area contributed by atoms with Gasteiger partial charge in [-0.2, -0.15) is 0 Å². The van der Waals surface area contributed by atoms with Gasteiger partial charge < -0.3 is 10.1 Å². The maximum absolute atomic E-state index is 11.3. The van der Waals surface area contributed by atoms with E-state index in [9.17, 15) is 4.79 Å². The number of ether oxygens (including phenoxy) is 1. The summed E-state index contributed by atoms with van der Waals surface area (Å²) >= 11 is 0. The fourth-order valence-electron chi connectivity index (χ4n) is 3.83. The maximum atomic E-state index is 11.3. The molecule has 0 spiro atoms. The summed E-state index contributed by atoms with van der Waals surface area (Å²) < 4.78 is 6.05. The molecule has 156 valence electrons. The summed E-state index contributed by atoms with van der Waals surface area (Å²) in [5, 5.41) is 5.29. The number of carbonyl (C=O) groups is 1. The first kappa shape index (κ1) is 20.7. The Morgan fingerprint density at radius 2 is 1.52 bits per heavy atom. The Balaban J connectivity index is 1.61. The minimum Gasteiger partial charge on any atom is -0.489 e. The first-order valence-corrected chi connectivity index (χ1v) is 10.7. The van der Waals surface area contributed by atoms with Gasteiger partial charge >= 0.3 is 0 Å². The van der Waals surface area contributed by atoms with Gasteiger partial charge in [-0.05, 0) is 58.0 Å². The summed E-state index contributed by atoms with van der Waals surface area (Å²) in [6, 6.07) is 31.5. The number of fused-ring (bicyclic) bond motifs is 1. The Bertz CT molecular complexity index is 1150. The zero-order valence-electron chi connectivity index (χ0n) is 17.8. The fraction of sp³-hybridized carbons (Fsp3) is 0.179. The Labute approximate surface area is 183 Å². The summed E-state index contributed by atoms with van der Waals surface area (Å²) in [4.78, 5) is 11.3. The van der Waals surface area contributed by atoms with Gasteiger partial charge in [0, 0.05) is 13.5 Å². The number of nitrogens with one attached hydrogen (secondary N) is 1. The van der Waals surface area contributed by atoms with E-state index in [4.69, 9.17) is 4.74 Å². The van der Waals surface area contributed by atoms with Crippen LogP contribution in [-0.4, -0.2) is 12.5 Å². The second kappa shape index (κ2) is 9.94. The Kier molecular flexibility index (Phi) is 6.63. The molecule has 0 atom stereocenters. The van der Waals surface area contributed by atoms with Crippen LogP contribution in [0, 0.1) is 0 Å². The van der Waals surface area contributed by atoms with Crippen LogP contribution >= 0.6 is 0 Å². The predicted molar refractivity (Wildman–Crippen MR) is 126 cm³/mol. The van der Waals surface area contributed by atoms with Crippen molar-refractivity contribution in [3.63, 3.8) is 0 Å². The average Bonchev–Trinajstić information content (AvgIpc) is 2.79. The lowest BCUT2D eigenvalue weighted by atomic mass is 9.95. The number of amides is 1. The standard InChI is InChI=1S/C28H27NO2/c1-21(30)29-15-14-26-18-24(16-22-8-4-2-5-9-22)17-25-12-13-27(19-28(25)26)31-20-23-10-6-3-7-11-23/h2-13,17-19H,14-16,20H2,1H3,(H,29,30). The highest BCUT2D eigenvalue weighted by atomic mass is 16.5. The Hall–Kier alpha value is -3.59. The molecule has 1 N–H and O–H groups in total. The van der Waals surface area contributed by atoms with Crippen LogP contribution in [0.15, 0.2) is 91.0 Å². The van der Waals surface area contributed by atoms with Crippen LogP contribution in [0.3, 0.4) is 0 Å². The van der Waals surface area contributed by atoms with Crippen molar-refractivity contribution >= 4 is 16.7 Å². The van der Waals surface area contributed by atoms with Crippen molar-refractivity contribution in [2.75, 3.05) is 6.54 Å². The molecule has 0 fully saturated rings. The van der Waals surface area contributed by atoms with Gasteiger partial charge in [0.15, 0.2) is 0 Å². The maximum Gasteiger partial charge on any atom is 0.216 e. The molecule has 0 radical (unpaired) electrons. The Morgan fingerprint density at radius 1 is 0.806 bits per heavy atom. The topological polar surface area (TPSA) is 38.3 Å². The minimum atomic E-state index is -0.00312. The minimum absolute atomic E-state index is 0.00312. The summed E-state index contributed by atoms with van der Waals surface area (Å²) in [6.45, 7) is 2.72. The first-order valence-electron chi connectivity index (χ1n) is 10.7. The second-order valence-electron chi connectivity index (χ2n) is 7.81. The molecule has 3 nitrogen and oxygen atoms in total. The molecule has 0 aliphatic heterocycles. The van der Waals surface area contributed by atoms with Crippen LogP contribution in [-0.2, 0) is 24.2 Å². The van der Waals surface area contributed by atoms with Gasteiger partial charge in [-0.25, -0.2) is 0 Å². The second-order valence-corrected chi connectivity index (χ2v) is 7.81. The van der Waals surface area contributed by atoms with E-state index in [1.165, 1.54) is 27.5 Å². The van der Waals surface area contributed by atoms with Crippen molar-refractivity contribution < 1.29 is 9.53 Å². The SMILES string of the molecule is CC(=O)NCCc1cc(Cc2ccccc2)cc2ccc(OCc3ccccc3)cc12. The Morgan fingerprint density at radius 3 is 2.23 bits per heavy atom. The molecule has 0 bridgehead atoms. The number of hydrogen-bond donors (Lipinski definition) is 1. The third-order valence-corrected chi connectivity index (χ3v) is 5.34. The van der Waals surface area contributed by atoms with Crippen LogP contribution in [0.4, 0.5) is 0 Å². The van der Waals surface area contributed by atoms with Crippen molar-refractivity contribution in [3.8, 4) is 5.75 Å². The molecular weight excluding hydrogens is 382 g/mol. The fourth-order valence-corrected chi connectivity index (χ4v) is 3.83. The highest BCUT2D eigenvalue weighted by Gasteiger charge is 2.08. The number of carbonyl (C=O) groups excluding carboxylic acids is 1. The van der Waals surface area contributed by atoms with Crippen molar-refractivity contribution in [1.82, 2.24) is 5.32 Å². The van der Waals surface area contributed by atoms with Crippen molar-refractivity contribution in [1.29, 1.82) is 0 Å². The van der Waals surface area contributed by atoms with Gasteiger partial charge in [0.05, 0.1) is 0 Å². The van der Waals surface area contributed by atoms with E-state index in [2.05, 4.69) is 66.0 Å². The third-order valence-electron chi connectivity index (χ3n) is 5.34. The molecule has 4 aromatic carbocycles. The number of hydrogen-bond acceptors (Lipinski definition) is 2. The van der Waals surface area contributed by atoms with E-state index in [-0.39, 0.29) is 5.91 Å². The van der Waals surface area contributed by atoms with Crippen molar-refractivity contribution in [3.05, 3.63) is 113 Å². The zero-order chi connectivity index (χ0) is 21.5. The van der Waals surface area contributed by atoms with Crippen LogP contribution in [0.5, 0.6) is 5.75 Å². The molecule has 31 heavy (non-hydrogen) atoms. The summed E-state index contributed by atoms with van der Waals surface area (Å²) in [5.74, 6) is 0.851. The molecule has 0 aliphatic carbocycles. The number of benzene rings is 4.